The molecule has 0 saturated carbocycles. The maximum absolute atomic E-state index is 13.4. The van der Waals surface area contributed by atoms with Gasteiger partial charge in [-0.15, -0.1) is 35.3 Å². The van der Waals surface area contributed by atoms with Crippen LogP contribution in [-0.4, -0.2) is 36.5 Å². The first-order valence-corrected chi connectivity index (χ1v) is 11.2. The minimum absolute atomic E-state index is 0. The molecule has 0 spiro atoms. The normalized spacial score (nSPS) is 11.1. The van der Waals surface area contributed by atoms with Crippen molar-refractivity contribution in [2.24, 2.45) is 4.99 Å². The van der Waals surface area contributed by atoms with Gasteiger partial charge in [-0.25, -0.2) is 9.37 Å². The molecule has 9 heteroatoms. The number of hydrogen-bond acceptors (Lipinski definition) is 5. The lowest BCUT2D eigenvalue weighted by atomic mass is 10.1. The van der Waals surface area contributed by atoms with Crippen molar-refractivity contribution in [2.75, 3.05) is 25.6 Å². The Balaban J connectivity index is 0.00000338. The van der Waals surface area contributed by atoms with Crippen molar-refractivity contribution in [3.63, 3.8) is 0 Å². The molecular formula is C17H24FIN4S3. The summed E-state index contributed by atoms with van der Waals surface area (Å²) in [6.45, 7) is 1.48. The van der Waals surface area contributed by atoms with Crippen LogP contribution in [0.5, 0.6) is 0 Å². The van der Waals surface area contributed by atoms with E-state index < -0.39 is 0 Å². The lowest BCUT2D eigenvalue weighted by Gasteiger charge is -2.14. The average molecular weight is 527 g/mol. The second-order valence-electron chi connectivity index (χ2n) is 5.20. The molecule has 1 heterocycles. The van der Waals surface area contributed by atoms with E-state index in [0.29, 0.717) is 6.54 Å². The Morgan fingerprint density at radius 3 is 2.85 bits per heavy atom. The van der Waals surface area contributed by atoms with Gasteiger partial charge in [0, 0.05) is 43.2 Å². The Labute approximate surface area is 184 Å². The Kier molecular flexibility index (Phi) is 12.3. The quantitative estimate of drug-likeness (QED) is 0.164. The van der Waals surface area contributed by atoms with Gasteiger partial charge in [0.2, 0.25) is 0 Å². The van der Waals surface area contributed by atoms with Crippen LogP contribution in [0.25, 0.3) is 0 Å². The molecule has 4 nitrogen and oxygen atoms in total. The predicted octanol–water partition coefficient (Wildman–Crippen LogP) is 4.61. The summed E-state index contributed by atoms with van der Waals surface area (Å²) in [7, 11) is 1.76. The van der Waals surface area contributed by atoms with Gasteiger partial charge in [0.05, 0.1) is 0 Å². The highest BCUT2D eigenvalue weighted by molar-refractivity contribution is 14.0. The second kappa shape index (κ2) is 13.6. The summed E-state index contributed by atoms with van der Waals surface area (Å²) in [5, 5.41) is 8.60. The van der Waals surface area contributed by atoms with E-state index in [0.717, 1.165) is 45.9 Å². The summed E-state index contributed by atoms with van der Waals surface area (Å²) < 4.78 is 14.5. The molecule has 0 aliphatic carbocycles. The van der Waals surface area contributed by atoms with Gasteiger partial charge in [-0.2, -0.15) is 11.8 Å². The zero-order valence-corrected chi connectivity index (χ0v) is 19.6. The molecule has 2 N–H and O–H groups in total. The van der Waals surface area contributed by atoms with Gasteiger partial charge in [-0.05, 0) is 35.9 Å². The lowest BCUT2D eigenvalue weighted by Crippen LogP contribution is -2.37. The van der Waals surface area contributed by atoms with Crippen molar-refractivity contribution in [3.8, 4) is 0 Å². The first-order valence-electron chi connectivity index (χ1n) is 7.96. The van der Waals surface area contributed by atoms with E-state index in [-0.39, 0.29) is 29.8 Å². The van der Waals surface area contributed by atoms with E-state index in [1.807, 2.05) is 23.9 Å². The number of nitrogens with zero attached hydrogens (tertiary/aromatic N) is 2. The lowest BCUT2D eigenvalue weighted by molar-refractivity contribution is 0.625. The first-order chi connectivity index (χ1) is 12.2. The summed E-state index contributed by atoms with van der Waals surface area (Å²) >= 11 is 5.13. The number of guanidine groups is 1. The Morgan fingerprint density at radius 1 is 1.31 bits per heavy atom. The summed E-state index contributed by atoms with van der Waals surface area (Å²) in [6, 6.07) is 4.96. The molecule has 2 rings (SSSR count). The van der Waals surface area contributed by atoms with Gasteiger partial charge < -0.3 is 10.6 Å². The van der Waals surface area contributed by atoms with E-state index in [4.69, 9.17) is 0 Å². The molecule has 0 fully saturated rings. The Bertz CT molecular complexity index is 668. The molecule has 0 atom stereocenters. The zero-order chi connectivity index (χ0) is 17.9. The third-order valence-electron chi connectivity index (χ3n) is 3.39. The fraction of sp³-hybridized carbons (Fsp3) is 0.412. The first kappa shape index (κ1) is 23.5. The standard InChI is InChI=1S/C17H23FN4S3.HI/c1-19-16(20-6-3-8-24-17-21-7-9-25-17)22-11-13-4-5-15(18)10-14(13)12-23-2;/h4-5,7,9-10H,3,6,8,11-12H2,1-2H3,(H2,19,20,22);1H. The number of benzene rings is 1. The number of halogens is 2. The van der Waals surface area contributed by atoms with Gasteiger partial charge in [-0.3, -0.25) is 4.99 Å². The van der Waals surface area contributed by atoms with Crippen molar-refractivity contribution < 1.29 is 4.39 Å². The van der Waals surface area contributed by atoms with Gasteiger partial charge in [0.15, 0.2) is 5.96 Å². The van der Waals surface area contributed by atoms with Crippen LogP contribution in [0, 0.1) is 5.82 Å². The van der Waals surface area contributed by atoms with E-state index in [1.54, 1.807) is 48.0 Å². The van der Waals surface area contributed by atoms with Crippen LogP contribution < -0.4 is 10.6 Å². The molecular weight excluding hydrogens is 502 g/mol. The largest absolute Gasteiger partial charge is 0.356 e. The number of rotatable bonds is 9. The van der Waals surface area contributed by atoms with E-state index >= 15 is 0 Å². The molecule has 0 amide bonds. The molecule has 2 aromatic rings. The summed E-state index contributed by atoms with van der Waals surface area (Å²) in [5.74, 6) is 2.40. The number of aromatic nitrogens is 1. The molecule has 0 saturated heterocycles. The SMILES string of the molecule is CN=C(NCCCSc1nccs1)NCc1ccc(F)cc1CSC.I. The molecule has 144 valence electrons. The van der Waals surface area contributed by atoms with Crippen LogP contribution in [0.15, 0.2) is 39.1 Å². The van der Waals surface area contributed by atoms with Gasteiger partial charge in [0.1, 0.15) is 10.2 Å². The molecule has 0 bridgehead atoms. The third-order valence-corrected chi connectivity index (χ3v) is 6.04. The average Bonchev–Trinajstić information content (AvgIpc) is 3.12. The van der Waals surface area contributed by atoms with Crippen LogP contribution in [0.1, 0.15) is 17.5 Å². The van der Waals surface area contributed by atoms with Crippen LogP contribution >= 0.6 is 58.8 Å². The van der Waals surface area contributed by atoms with Crippen molar-refractivity contribution in [2.45, 2.75) is 23.1 Å². The van der Waals surface area contributed by atoms with Crippen LogP contribution in [0.2, 0.25) is 0 Å². The maximum atomic E-state index is 13.4. The highest BCUT2D eigenvalue weighted by Crippen LogP contribution is 2.20. The van der Waals surface area contributed by atoms with Crippen molar-refractivity contribution >= 4 is 64.8 Å². The highest BCUT2D eigenvalue weighted by atomic mass is 127. The van der Waals surface area contributed by atoms with Crippen molar-refractivity contribution in [1.82, 2.24) is 15.6 Å². The number of nitrogens with one attached hydrogen (secondary N) is 2. The maximum Gasteiger partial charge on any atom is 0.191 e. The second-order valence-corrected chi connectivity index (χ2v) is 8.30. The van der Waals surface area contributed by atoms with E-state index in [1.165, 1.54) is 6.07 Å². The molecule has 0 aliphatic heterocycles. The minimum atomic E-state index is -0.187. The Hall–Kier alpha value is -0.520. The molecule has 0 unspecified atom stereocenters. The Morgan fingerprint density at radius 2 is 2.15 bits per heavy atom. The molecule has 26 heavy (non-hydrogen) atoms. The number of thioether (sulfide) groups is 2. The monoisotopic (exact) mass is 526 g/mol. The number of hydrogen-bond donors (Lipinski definition) is 2. The van der Waals surface area contributed by atoms with Crippen LogP contribution in [0.3, 0.4) is 0 Å². The van der Waals surface area contributed by atoms with Crippen LogP contribution in [-0.2, 0) is 12.3 Å². The van der Waals surface area contributed by atoms with Crippen molar-refractivity contribution in [3.05, 3.63) is 46.7 Å². The zero-order valence-electron chi connectivity index (χ0n) is 14.8. The fourth-order valence-corrected chi connectivity index (χ4v) is 4.40. The van der Waals surface area contributed by atoms with Gasteiger partial charge >= 0.3 is 0 Å². The van der Waals surface area contributed by atoms with Crippen molar-refractivity contribution in [1.29, 1.82) is 0 Å². The minimum Gasteiger partial charge on any atom is -0.356 e. The summed E-state index contributed by atoms with van der Waals surface area (Å²) in [6.07, 6.45) is 4.88. The smallest absolute Gasteiger partial charge is 0.191 e. The number of thiazole rings is 1. The topological polar surface area (TPSA) is 49.3 Å². The molecule has 0 aliphatic rings. The fourth-order valence-electron chi connectivity index (χ4n) is 2.18. The number of aliphatic imine (C=N–C) groups is 1. The predicted molar refractivity (Wildman–Crippen MR) is 125 cm³/mol. The van der Waals surface area contributed by atoms with Gasteiger partial charge in [0.25, 0.3) is 0 Å². The van der Waals surface area contributed by atoms with Crippen LogP contribution in [0.4, 0.5) is 4.39 Å². The molecule has 0 radical (unpaired) electrons. The highest BCUT2D eigenvalue weighted by Gasteiger charge is 2.05. The summed E-state index contributed by atoms with van der Waals surface area (Å²) in [5.41, 5.74) is 2.12. The summed E-state index contributed by atoms with van der Waals surface area (Å²) in [4.78, 5) is 8.50. The third kappa shape index (κ3) is 8.45. The van der Waals surface area contributed by atoms with E-state index in [9.17, 15) is 4.39 Å². The molecule has 1 aromatic carbocycles. The van der Waals surface area contributed by atoms with Gasteiger partial charge in [-0.1, -0.05) is 17.8 Å². The molecule has 1 aromatic heterocycles. The van der Waals surface area contributed by atoms with E-state index in [2.05, 4.69) is 20.6 Å².